The van der Waals surface area contributed by atoms with Crippen LogP contribution in [0.5, 0.6) is 0 Å². The molecule has 1 nitrogen and oxygen atoms in total. The molecular weight excluding hydrogens is 274 g/mol. The number of rotatable bonds is 9. The van der Waals surface area contributed by atoms with Gasteiger partial charge in [-0.05, 0) is 11.1 Å². The maximum atomic E-state index is 3.74. The number of nitrogens with one attached hydrogen (secondary N) is 1. The van der Waals surface area contributed by atoms with Gasteiger partial charge in [-0.2, -0.15) is 11.8 Å². The van der Waals surface area contributed by atoms with Gasteiger partial charge in [0, 0.05) is 30.5 Å². The summed E-state index contributed by atoms with van der Waals surface area (Å²) in [6.45, 7) is 5.76. The van der Waals surface area contributed by atoms with Gasteiger partial charge in [0.25, 0.3) is 0 Å². The second-order valence-corrected chi connectivity index (χ2v) is 6.09. The summed E-state index contributed by atoms with van der Waals surface area (Å²) < 4.78 is 0. The van der Waals surface area contributed by atoms with Crippen LogP contribution in [0.15, 0.2) is 73.3 Å². The fourth-order valence-corrected chi connectivity index (χ4v) is 2.98. The highest BCUT2D eigenvalue weighted by atomic mass is 32.2. The highest BCUT2D eigenvalue weighted by Gasteiger charge is 2.12. The first kappa shape index (κ1) is 15.9. The molecule has 0 atom stereocenters. The van der Waals surface area contributed by atoms with Crippen molar-refractivity contribution < 1.29 is 0 Å². The van der Waals surface area contributed by atoms with Crippen LogP contribution in [0, 0.1) is 0 Å². The van der Waals surface area contributed by atoms with Crippen LogP contribution in [0.2, 0.25) is 0 Å². The molecule has 0 aliphatic heterocycles. The third-order valence-electron chi connectivity index (χ3n) is 3.41. The number of hydrogen-bond acceptors (Lipinski definition) is 2. The van der Waals surface area contributed by atoms with Crippen LogP contribution in [0.3, 0.4) is 0 Å². The van der Waals surface area contributed by atoms with Gasteiger partial charge in [-0.3, -0.25) is 0 Å². The first-order valence-electron chi connectivity index (χ1n) is 7.41. The van der Waals surface area contributed by atoms with Crippen LogP contribution in [0.1, 0.15) is 17.0 Å². The Morgan fingerprint density at radius 2 is 1.52 bits per heavy atom. The summed E-state index contributed by atoms with van der Waals surface area (Å²) in [4.78, 5) is 0. The fourth-order valence-electron chi connectivity index (χ4n) is 2.36. The molecule has 0 aromatic heterocycles. The Kier molecular flexibility index (Phi) is 7.13. The van der Waals surface area contributed by atoms with Crippen LogP contribution in [0.25, 0.3) is 0 Å². The largest absolute Gasteiger partial charge is 0.315 e. The lowest BCUT2D eigenvalue weighted by Crippen LogP contribution is -2.24. The quantitative estimate of drug-likeness (QED) is 0.546. The molecule has 110 valence electrons. The molecule has 0 heterocycles. The molecule has 2 rings (SSSR count). The molecule has 0 aliphatic carbocycles. The maximum Gasteiger partial charge on any atom is 0.0214 e. The first-order chi connectivity index (χ1) is 10.4. The average molecular weight is 297 g/mol. The number of hydrogen-bond donors (Lipinski definition) is 1. The normalized spacial score (nSPS) is 10.7. The van der Waals surface area contributed by atoms with Crippen molar-refractivity contribution in [2.24, 2.45) is 0 Å². The Morgan fingerprint density at radius 1 is 0.952 bits per heavy atom. The summed E-state index contributed by atoms with van der Waals surface area (Å²) in [6.07, 6.45) is 1.96. The molecule has 1 N–H and O–H groups in total. The van der Waals surface area contributed by atoms with Crippen LogP contribution >= 0.6 is 11.8 Å². The van der Waals surface area contributed by atoms with Gasteiger partial charge in [-0.15, -0.1) is 6.58 Å². The van der Waals surface area contributed by atoms with E-state index in [9.17, 15) is 0 Å². The molecule has 2 aromatic carbocycles. The Morgan fingerprint density at radius 3 is 2.05 bits per heavy atom. The summed E-state index contributed by atoms with van der Waals surface area (Å²) in [5, 5.41) is 3.59. The topological polar surface area (TPSA) is 12.0 Å². The molecule has 0 saturated carbocycles. The van der Waals surface area contributed by atoms with Crippen molar-refractivity contribution in [1.82, 2.24) is 5.32 Å². The van der Waals surface area contributed by atoms with Crippen LogP contribution in [-0.4, -0.2) is 24.6 Å². The summed E-state index contributed by atoms with van der Waals surface area (Å²) in [5.41, 5.74) is 2.74. The van der Waals surface area contributed by atoms with Crippen molar-refractivity contribution in [2.75, 3.05) is 24.6 Å². The Balaban J connectivity index is 1.95. The predicted molar refractivity (Wildman–Crippen MR) is 95.1 cm³/mol. The first-order valence-corrected chi connectivity index (χ1v) is 8.56. The molecule has 0 aliphatic rings. The van der Waals surface area contributed by atoms with E-state index in [4.69, 9.17) is 0 Å². The highest BCUT2D eigenvalue weighted by Crippen LogP contribution is 2.23. The molecule has 0 unspecified atom stereocenters. The van der Waals surface area contributed by atoms with Crippen molar-refractivity contribution in [3.05, 3.63) is 84.4 Å². The van der Waals surface area contributed by atoms with Crippen molar-refractivity contribution in [1.29, 1.82) is 0 Å². The van der Waals surface area contributed by atoms with Gasteiger partial charge < -0.3 is 5.32 Å². The van der Waals surface area contributed by atoms with Crippen molar-refractivity contribution >= 4 is 11.8 Å². The Bertz CT molecular complexity index is 470. The summed E-state index contributed by atoms with van der Waals surface area (Å²) in [6, 6.07) is 21.5. The average Bonchev–Trinajstić information content (AvgIpc) is 2.56. The van der Waals surface area contributed by atoms with E-state index >= 15 is 0 Å². The van der Waals surface area contributed by atoms with E-state index in [1.807, 2.05) is 17.8 Å². The Hall–Kier alpha value is -1.51. The molecule has 2 heteroatoms. The zero-order chi connectivity index (χ0) is 14.8. The second kappa shape index (κ2) is 9.43. The van der Waals surface area contributed by atoms with E-state index in [-0.39, 0.29) is 0 Å². The predicted octanol–water partition coefficient (Wildman–Crippen LogP) is 4.33. The molecule has 0 bridgehead atoms. The number of benzene rings is 2. The zero-order valence-electron chi connectivity index (χ0n) is 12.4. The van der Waals surface area contributed by atoms with E-state index in [1.54, 1.807) is 0 Å². The third-order valence-corrected chi connectivity index (χ3v) is 4.38. The third kappa shape index (κ3) is 5.41. The smallest absolute Gasteiger partial charge is 0.0214 e. The molecule has 0 spiro atoms. The summed E-state index contributed by atoms with van der Waals surface area (Å²) in [7, 11) is 0. The minimum atomic E-state index is 0.414. The molecule has 0 amide bonds. The molecule has 21 heavy (non-hydrogen) atoms. The highest BCUT2D eigenvalue weighted by molar-refractivity contribution is 7.99. The number of thioether (sulfide) groups is 1. The van der Waals surface area contributed by atoms with Gasteiger partial charge in [0.1, 0.15) is 0 Å². The lowest BCUT2D eigenvalue weighted by atomic mass is 9.91. The maximum absolute atomic E-state index is 3.74. The molecule has 0 saturated heterocycles. The van der Waals surface area contributed by atoms with E-state index in [2.05, 4.69) is 72.6 Å². The molecule has 0 fully saturated rings. The molecule has 0 radical (unpaired) electrons. The minimum absolute atomic E-state index is 0.414. The van der Waals surface area contributed by atoms with Crippen molar-refractivity contribution in [3.63, 3.8) is 0 Å². The SMILES string of the molecule is C=CCSCCNCC(c1ccccc1)c1ccccc1. The fraction of sp³-hybridized carbons (Fsp3) is 0.263. The minimum Gasteiger partial charge on any atom is -0.315 e. The molecule has 2 aromatic rings. The van der Waals surface area contributed by atoms with Gasteiger partial charge >= 0.3 is 0 Å². The summed E-state index contributed by atoms with van der Waals surface area (Å²) >= 11 is 1.92. The Labute approximate surface area is 132 Å². The van der Waals surface area contributed by atoms with E-state index in [0.717, 1.165) is 24.6 Å². The van der Waals surface area contributed by atoms with Crippen LogP contribution in [0.4, 0.5) is 0 Å². The van der Waals surface area contributed by atoms with Crippen molar-refractivity contribution in [3.8, 4) is 0 Å². The van der Waals surface area contributed by atoms with Crippen molar-refractivity contribution in [2.45, 2.75) is 5.92 Å². The van der Waals surface area contributed by atoms with Gasteiger partial charge in [0.05, 0.1) is 0 Å². The van der Waals surface area contributed by atoms with Gasteiger partial charge in [-0.1, -0.05) is 66.7 Å². The van der Waals surface area contributed by atoms with E-state index in [0.29, 0.717) is 5.92 Å². The lowest BCUT2D eigenvalue weighted by Gasteiger charge is -2.18. The zero-order valence-corrected chi connectivity index (χ0v) is 13.2. The lowest BCUT2D eigenvalue weighted by molar-refractivity contribution is 0.661. The standard InChI is InChI=1S/C19H23NS/c1-2-14-21-15-13-20-16-19(17-9-5-3-6-10-17)18-11-7-4-8-12-18/h2-12,19-20H,1,13-16H2. The van der Waals surface area contributed by atoms with Gasteiger partial charge in [0.15, 0.2) is 0 Å². The van der Waals surface area contributed by atoms with Crippen LogP contribution < -0.4 is 5.32 Å². The van der Waals surface area contributed by atoms with E-state index in [1.165, 1.54) is 11.1 Å². The van der Waals surface area contributed by atoms with Gasteiger partial charge in [-0.25, -0.2) is 0 Å². The second-order valence-electron chi connectivity index (χ2n) is 4.94. The molecular formula is C19H23NS. The summed E-state index contributed by atoms with van der Waals surface area (Å²) in [5.74, 6) is 2.57. The van der Waals surface area contributed by atoms with Crippen LogP contribution in [-0.2, 0) is 0 Å². The van der Waals surface area contributed by atoms with E-state index < -0.39 is 0 Å². The monoisotopic (exact) mass is 297 g/mol. The van der Waals surface area contributed by atoms with Gasteiger partial charge in [0.2, 0.25) is 0 Å².